The first-order valence-corrected chi connectivity index (χ1v) is 11.0. The van der Waals surface area contributed by atoms with Gasteiger partial charge in [-0.3, -0.25) is 24.7 Å². The van der Waals surface area contributed by atoms with Gasteiger partial charge in [0.05, 0.1) is 18.3 Å². The molecule has 9 heteroatoms. The van der Waals surface area contributed by atoms with Gasteiger partial charge in [-0.05, 0) is 29.8 Å². The fourth-order valence-corrected chi connectivity index (χ4v) is 4.21. The summed E-state index contributed by atoms with van der Waals surface area (Å²) in [4.78, 5) is 14.7. The summed E-state index contributed by atoms with van der Waals surface area (Å²) in [6.45, 7) is 2.65. The van der Waals surface area contributed by atoms with Gasteiger partial charge >= 0.3 is 0 Å². The number of nitrogens with two attached hydrogens (primary N) is 1. The standard InChI is InChI=1S/C25H26FN5O2.ClH/c26-25(27)9-11-29(18-25)12-13-31-23-7-6-21(14-20(23)16-28-31)30-10-8-22(15-24(30)32)33-17-19-4-2-1-3-5-19;/h1-8,10,14-16H,9,11-13,17-18,27H2;1H. The Morgan fingerprint density at radius 3 is 2.65 bits per heavy atom. The molecule has 178 valence electrons. The average molecular weight is 484 g/mol. The summed E-state index contributed by atoms with van der Waals surface area (Å²) in [6.07, 6.45) is 3.87. The van der Waals surface area contributed by atoms with E-state index < -0.39 is 5.79 Å². The Hall–Kier alpha value is -3.20. The molecule has 0 aliphatic carbocycles. The fourth-order valence-electron chi connectivity index (χ4n) is 4.21. The Morgan fingerprint density at radius 1 is 1.09 bits per heavy atom. The van der Waals surface area contributed by atoms with Crippen LogP contribution in [0.25, 0.3) is 16.6 Å². The zero-order valence-electron chi connectivity index (χ0n) is 18.6. The molecule has 1 aliphatic heterocycles. The van der Waals surface area contributed by atoms with E-state index in [-0.39, 0.29) is 24.5 Å². The minimum absolute atomic E-state index is 0. The van der Waals surface area contributed by atoms with Crippen molar-refractivity contribution in [3.05, 3.63) is 89.0 Å². The first-order valence-electron chi connectivity index (χ1n) is 11.0. The number of alkyl halides is 1. The van der Waals surface area contributed by atoms with E-state index in [1.807, 2.05) is 58.1 Å². The van der Waals surface area contributed by atoms with Crippen molar-refractivity contribution in [2.75, 3.05) is 19.6 Å². The number of nitrogens with zero attached hydrogens (tertiary/aromatic N) is 4. The molecule has 2 aromatic carbocycles. The van der Waals surface area contributed by atoms with E-state index in [9.17, 15) is 9.18 Å². The lowest BCUT2D eigenvalue weighted by Gasteiger charge is -2.17. The monoisotopic (exact) mass is 483 g/mol. The van der Waals surface area contributed by atoms with E-state index in [0.29, 0.717) is 38.4 Å². The Labute approximate surface area is 203 Å². The maximum Gasteiger partial charge on any atom is 0.258 e. The van der Waals surface area contributed by atoms with E-state index in [2.05, 4.69) is 5.10 Å². The van der Waals surface area contributed by atoms with Crippen molar-refractivity contribution < 1.29 is 9.13 Å². The van der Waals surface area contributed by atoms with Crippen LogP contribution in [0.4, 0.5) is 4.39 Å². The number of likely N-dealkylation sites (tertiary alicyclic amines) is 1. The summed E-state index contributed by atoms with van der Waals surface area (Å²) in [5.74, 6) is -1.05. The molecule has 2 aromatic heterocycles. The lowest BCUT2D eigenvalue weighted by molar-refractivity contribution is 0.172. The predicted molar refractivity (Wildman–Crippen MR) is 132 cm³/mol. The third-order valence-corrected chi connectivity index (χ3v) is 6.00. The zero-order chi connectivity index (χ0) is 22.8. The molecule has 1 fully saturated rings. The quantitative estimate of drug-likeness (QED) is 0.407. The number of benzene rings is 2. The van der Waals surface area contributed by atoms with Crippen LogP contribution in [-0.4, -0.2) is 44.7 Å². The van der Waals surface area contributed by atoms with E-state index in [1.165, 1.54) is 6.07 Å². The Bertz CT molecular complexity index is 1320. The van der Waals surface area contributed by atoms with E-state index in [4.69, 9.17) is 10.5 Å². The Morgan fingerprint density at radius 2 is 1.91 bits per heavy atom. The van der Waals surface area contributed by atoms with Gasteiger partial charge in [0.1, 0.15) is 12.4 Å². The van der Waals surface area contributed by atoms with Crippen molar-refractivity contribution >= 4 is 23.3 Å². The molecule has 0 saturated carbocycles. The molecule has 0 amide bonds. The minimum atomic E-state index is -1.59. The largest absolute Gasteiger partial charge is 0.489 e. The smallest absolute Gasteiger partial charge is 0.258 e. The molecule has 1 aliphatic rings. The van der Waals surface area contributed by atoms with Crippen LogP contribution in [0.5, 0.6) is 5.75 Å². The van der Waals surface area contributed by atoms with Crippen molar-refractivity contribution in [1.82, 2.24) is 19.2 Å². The SMILES string of the molecule is Cl.NC1(F)CCN(CCn2ncc3cc(-n4ccc(OCc5ccccc5)cc4=O)ccc32)C1. The molecule has 1 atom stereocenters. The third kappa shape index (κ3) is 5.30. The molecule has 0 radical (unpaired) electrons. The summed E-state index contributed by atoms with van der Waals surface area (Å²) in [5, 5.41) is 5.41. The first kappa shape index (κ1) is 23.9. The number of aromatic nitrogens is 3. The summed E-state index contributed by atoms with van der Waals surface area (Å²) >= 11 is 0. The highest BCUT2D eigenvalue weighted by atomic mass is 35.5. The highest BCUT2D eigenvalue weighted by molar-refractivity contribution is 5.85. The third-order valence-electron chi connectivity index (χ3n) is 6.00. The summed E-state index contributed by atoms with van der Waals surface area (Å²) < 4.78 is 23.1. The lowest BCUT2D eigenvalue weighted by Crippen LogP contribution is -2.38. The molecule has 2 N–H and O–H groups in total. The van der Waals surface area contributed by atoms with E-state index >= 15 is 0 Å². The normalized spacial score (nSPS) is 18.2. The maximum atomic E-state index is 13.8. The predicted octanol–water partition coefficient (Wildman–Crippen LogP) is 3.52. The second-order valence-corrected chi connectivity index (χ2v) is 8.52. The zero-order valence-corrected chi connectivity index (χ0v) is 19.5. The topological polar surface area (TPSA) is 78.3 Å². The van der Waals surface area contributed by atoms with Gasteiger partial charge in [0.2, 0.25) is 0 Å². The molecular weight excluding hydrogens is 457 g/mol. The van der Waals surface area contributed by atoms with Crippen LogP contribution < -0.4 is 16.0 Å². The van der Waals surface area contributed by atoms with E-state index in [0.717, 1.165) is 22.2 Å². The second kappa shape index (κ2) is 9.97. The Kier molecular flexibility index (Phi) is 7.02. The van der Waals surface area contributed by atoms with E-state index in [1.54, 1.807) is 23.0 Å². The summed E-state index contributed by atoms with van der Waals surface area (Å²) in [5.41, 5.74) is 8.17. The number of hydrogen-bond acceptors (Lipinski definition) is 5. The molecule has 0 bridgehead atoms. The second-order valence-electron chi connectivity index (χ2n) is 8.52. The maximum absolute atomic E-state index is 13.8. The lowest BCUT2D eigenvalue weighted by atomic mass is 10.2. The molecule has 7 nitrogen and oxygen atoms in total. The van der Waals surface area contributed by atoms with Crippen LogP contribution >= 0.6 is 12.4 Å². The van der Waals surface area contributed by atoms with Gasteiger partial charge in [0.25, 0.3) is 5.56 Å². The Balaban J connectivity index is 0.00000274. The van der Waals surface area contributed by atoms with Crippen LogP contribution in [0.3, 0.4) is 0 Å². The van der Waals surface area contributed by atoms with Crippen molar-refractivity contribution in [3.63, 3.8) is 0 Å². The number of halogens is 2. The van der Waals surface area contributed by atoms with Gasteiger partial charge in [0.15, 0.2) is 5.79 Å². The van der Waals surface area contributed by atoms with Gasteiger partial charge < -0.3 is 4.74 Å². The average Bonchev–Trinajstić information content (AvgIpc) is 3.38. The van der Waals surface area contributed by atoms with Gasteiger partial charge in [0, 0.05) is 49.4 Å². The van der Waals surface area contributed by atoms with Crippen LogP contribution in [0, 0.1) is 0 Å². The van der Waals surface area contributed by atoms with Crippen LogP contribution in [0.1, 0.15) is 12.0 Å². The molecular formula is C25H27ClFN5O2. The van der Waals surface area contributed by atoms with Gasteiger partial charge in [-0.2, -0.15) is 5.10 Å². The summed E-state index contributed by atoms with van der Waals surface area (Å²) in [7, 11) is 0. The number of fused-ring (bicyclic) bond motifs is 1. The number of ether oxygens (including phenoxy) is 1. The van der Waals surface area contributed by atoms with Gasteiger partial charge in [-0.15, -0.1) is 12.4 Å². The minimum Gasteiger partial charge on any atom is -0.489 e. The van der Waals surface area contributed by atoms with Crippen molar-refractivity contribution in [1.29, 1.82) is 0 Å². The first-order chi connectivity index (χ1) is 16.0. The number of hydrogen-bond donors (Lipinski definition) is 1. The molecule has 1 unspecified atom stereocenters. The highest BCUT2D eigenvalue weighted by Gasteiger charge is 2.33. The van der Waals surface area contributed by atoms with Crippen LogP contribution in [-0.2, 0) is 13.2 Å². The number of rotatable bonds is 7. The van der Waals surface area contributed by atoms with Crippen LogP contribution in [0.15, 0.2) is 77.9 Å². The van der Waals surface area contributed by atoms with Gasteiger partial charge in [-0.25, -0.2) is 4.39 Å². The molecule has 5 rings (SSSR count). The molecule has 4 aromatic rings. The van der Waals surface area contributed by atoms with Gasteiger partial charge in [-0.1, -0.05) is 30.3 Å². The molecule has 0 spiro atoms. The van der Waals surface area contributed by atoms with Crippen LogP contribution in [0.2, 0.25) is 0 Å². The van der Waals surface area contributed by atoms with Crippen molar-refractivity contribution in [2.24, 2.45) is 5.73 Å². The van der Waals surface area contributed by atoms with Crippen molar-refractivity contribution in [2.45, 2.75) is 25.4 Å². The summed E-state index contributed by atoms with van der Waals surface area (Å²) in [6, 6.07) is 18.9. The molecule has 3 heterocycles. The molecule has 1 saturated heterocycles. The highest BCUT2D eigenvalue weighted by Crippen LogP contribution is 2.21. The fraction of sp³-hybridized carbons (Fsp3) is 0.280. The molecule has 34 heavy (non-hydrogen) atoms. The van der Waals surface area contributed by atoms with Crippen molar-refractivity contribution in [3.8, 4) is 11.4 Å². The number of pyridine rings is 1.